The summed E-state index contributed by atoms with van der Waals surface area (Å²) in [6.07, 6.45) is 0. The van der Waals surface area contributed by atoms with E-state index in [0.29, 0.717) is 24.4 Å². The summed E-state index contributed by atoms with van der Waals surface area (Å²) in [5, 5.41) is 11.9. The molecule has 0 aromatic heterocycles. The summed E-state index contributed by atoms with van der Waals surface area (Å²) in [5.74, 6) is 0.432. The molecule has 5 heteroatoms. The summed E-state index contributed by atoms with van der Waals surface area (Å²) in [6, 6.07) is 12.2. The summed E-state index contributed by atoms with van der Waals surface area (Å²) in [7, 11) is 0. The number of halogens is 2. The smallest absolute Gasteiger partial charge is 0.129 e. The molecule has 112 valence electrons. The van der Waals surface area contributed by atoms with E-state index in [4.69, 9.17) is 9.84 Å². The largest absolute Gasteiger partial charge is 0.488 e. The van der Waals surface area contributed by atoms with Crippen LogP contribution in [-0.2, 0) is 13.2 Å². The van der Waals surface area contributed by atoms with Crippen molar-refractivity contribution in [2.75, 3.05) is 13.2 Å². The fourth-order valence-electron chi connectivity index (χ4n) is 1.90. The first kappa shape index (κ1) is 15.9. The van der Waals surface area contributed by atoms with Gasteiger partial charge in [-0.1, -0.05) is 34.1 Å². The molecule has 0 bridgehead atoms. The molecule has 0 heterocycles. The van der Waals surface area contributed by atoms with Crippen molar-refractivity contribution >= 4 is 15.9 Å². The van der Waals surface area contributed by atoms with E-state index >= 15 is 0 Å². The van der Waals surface area contributed by atoms with E-state index < -0.39 is 0 Å². The maximum absolute atomic E-state index is 13.6. The van der Waals surface area contributed by atoms with E-state index in [-0.39, 0.29) is 19.0 Å². The molecule has 0 aliphatic carbocycles. The first-order valence-electron chi connectivity index (χ1n) is 6.67. The maximum Gasteiger partial charge on any atom is 0.129 e. The van der Waals surface area contributed by atoms with Crippen LogP contribution in [0.25, 0.3) is 0 Å². The first-order chi connectivity index (χ1) is 10.2. The second-order valence-electron chi connectivity index (χ2n) is 4.53. The lowest BCUT2D eigenvalue weighted by molar-refractivity contribution is 0.286. The van der Waals surface area contributed by atoms with E-state index in [1.54, 1.807) is 18.2 Å². The van der Waals surface area contributed by atoms with Crippen LogP contribution in [0.15, 0.2) is 46.9 Å². The standard InChI is InChI=1S/C16H17BrFNO2/c17-14-5-6-16(13(9-14)10-19-7-8-20)21-11-12-3-1-2-4-15(12)18/h1-6,9,19-20H,7-8,10-11H2. The molecule has 0 radical (unpaired) electrons. The Bertz CT molecular complexity index is 592. The van der Waals surface area contributed by atoms with Crippen LogP contribution >= 0.6 is 15.9 Å². The quantitative estimate of drug-likeness (QED) is 0.750. The number of hydrogen-bond donors (Lipinski definition) is 2. The summed E-state index contributed by atoms with van der Waals surface area (Å²) in [5.41, 5.74) is 1.48. The van der Waals surface area contributed by atoms with E-state index in [2.05, 4.69) is 21.2 Å². The monoisotopic (exact) mass is 353 g/mol. The van der Waals surface area contributed by atoms with Crippen LogP contribution in [0.5, 0.6) is 5.75 Å². The molecule has 2 aromatic carbocycles. The van der Waals surface area contributed by atoms with Crippen molar-refractivity contribution in [3.63, 3.8) is 0 Å². The molecule has 21 heavy (non-hydrogen) atoms. The van der Waals surface area contributed by atoms with Crippen LogP contribution in [0.1, 0.15) is 11.1 Å². The molecular weight excluding hydrogens is 337 g/mol. The predicted octanol–water partition coefficient (Wildman–Crippen LogP) is 3.25. The van der Waals surface area contributed by atoms with Gasteiger partial charge in [0.1, 0.15) is 18.2 Å². The Morgan fingerprint density at radius 2 is 1.95 bits per heavy atom. The number of aliphatic hydroxyl groups excluding tert-OH is 1. The third-order valence-electron chi connectivity index (χ3n) is 2.97. The van der Waals surface area contributed by atoms with Gasteiger partial charge in [0.15, 0.2) is 0 Å². The zero-order chi connectivity index (χ0) is 15.1. The highest BCUT2D eigenvalue weighted by molar-refractivity contribution is 9.10. The summed E-state index contributed by atoms with van der Waals surface area (Å²) >= 11 is 3.42. The number of rotatable bonds is 7. The van der Waals surface area contributed by atoms with Crippen molar-refractivity contribution < 1.29 is 14.2 Å². The molecule has 0 aliphatic heterocycles. The molecule has 3 nitrogen and oxygen atoms in total. The fourth-order valence-corrected chi connectivity index (χ4v) is 2.31. The van der Waals surface area contributed by atoms with Gasteiger partial charge in [-0.25, -0.2) is 4.39 Å². The van der Waals surface area contributed by atoms with Gasteiger partial charge < -0.3 is 15.2 Å². The molecule has 2 N–H and O–H groups in total. The predicted molar refractivity (Wildman–Crippen MR) is 83.7 cm³/mol. The van der Waals surface area contributed by atoms with Crippen LogP contribution in [0.3, 0.4) is 0 Å². The Morgan fingerprint density at radius 1 is 1.14 bits per heavy atom. The maximum atomic E-state index is 13.6. The van der Waals surface area contributed by atoms with E-state index in [1.807, 2.05) is 18.2 Å². The highest BCUT2D eigenvalue weighted by atomic mass is 79.9. The number of benzene rings is 2. The van der Waals surface area contributed by atoms with Gasteiger partial charge in [0.2, 0.25) is 0 Å². The highest BCUT2D eigenvalue weighted by Crippen LogP contribution is 2.24. The average molecular weight is 354 g/mol. The molecule has 0 saturated carbocycles. The molecule has 0 unspecified atom stereocenters. The number of aliphatic hydroxyl groups is 1. The Labute approximate surface area is 131 Å². The van der Waals surface area contributed by atoms with Gasteiger partial charge in [-0.2, -0.15) is 0 Å². The van der Waals surface area contributed by atoms with Crippen molar-refractivity contribution in [2.24, 2.45) is 0 Å². The van der Waals surface area contributed by atoms with E-state index in [9.17, 15) is 4.39 Å². The van der Waals surface area contributed by atoms with Gasteiger partial charge in [0.05, 0.1) is 6.61 Å². The van der Waals surface area contributed by atoms with Crippen LogP contribution in [0, 0.1) is 5.82 Å². The van der Waals surface area contributed by atoms with Gasteiger partial charge in [0.25, 0.3) is 0 Å². The molecule has 0 spiro atoms. The zero-order valence-electron chi connectivity index (χ0n) is 11.5. The van der Waals surface area contributed by atoms with Crippen molar-refractivity contribution in [3.8, 4) is 5.75 Å². The Balaban J connectivity index is 2.06. The number of nitrogens with one attached hydrogen (secondary N) is 1. The van der Waals surface area contributed by atoms with Gasteiger partial charge in [0, 0.05) is 28.7 Å². The summed E-state index contributed by atoms with van der Waals surface area (Å²) in [6.45, 7) is 1.35. The highest BCUT2D eigenvalue weighted by Gasteiger charge is 2.07. The van der Waals surface area contributed by atoms with Gasteiger partial charge >= 0.3 is 0 Å². The SMILES string of the molecule is OCCNCc1cc(Br)ccc1OCc1ccccc1F. The van der Waals surface area contributed by atoms with Crippen LogP contribution in [0.4, 0.5) is 4.39 Å². The molecule has 2 aromatic rings. The first-order valence-corrected chi connectivity index (χ1v) is 7.46. The average Bonchev–Trinajstić information content (AvgIpc) is 2.48. The second kappa shape index (κ2) is 8.12. The fraction of sp³-hybridized carbons (Fsp3) is 0.250. The zero-order valence-corrected chi connectivity index (χ0v) is 13.1. The van der Waals surface area contributed by atoms with Crippen molar-refractivity contribution in [1.29, 1.82) is 0 Å². The number of ether oxygens (including phenoxy) is 1. The lowest BCUT2D eigenvalue weighted by atomic mass is 10.2. The second-order valence-corrected chi connectivity index (χ2v) is 5.45. The van der Waals surface area contributed by atoms with Crippen LogP contribution in [-0.4, -0.2) is 18.3 Å². The Hall–Kier alpha value is -1.43. The third kappa shape index (κ3) is 4.81. The lowest BCUT2D eigenvalue weighted by Gasteiger charge is -2.13. The molecule has 2 rings (SSSR count). The van der Waals surface area contributed by atoms with Gasteiger partial charge in [-0.05, 0) is 24.3 Å². The van der Waals surface area contributed by atoms with Crippen LogP contribution < -0.4 is 10.1 Å². The minimum atomic E-state index is -0.269. The normalized spacial score (nSPS) is 10.6. The third-order valence-corrected chi connectivity index (χ3v) is 3.46. The minimum Gasteiger partial charge on any atom is -0.488 e. The van der Waals surface area contributed by atoms with Gasteiger partial charge in [-0.15, -0.1) is 0 Å². The van der Waals surface area contributed by atoms with Gasteiger partial charge in [-0.3, -0.25) is 0 Å². The van der Waals surface area contributed by atoms with Crippen LogP contribution in [0.2, 0.25) is 0 Å². The van der Waals surface area contributed by atoms with E-state index in [1.165, 1.54) is 6.07 Å². The van der Waals surface area contributed by atoms with Crippen molar-refractivity contribution in [3.05, 3.63) is 63.9 Å². The Morgan fingerprint density at radius 3 is 2.71 bits per heavy atom. The number of hydrogen-bond acceptors (Lipinski definition) is 3. The lowest BCUT2D eigenvalue weighted by Crippen LogP contribution is -2.18. The van der Waals surface area contributed by atoms with E-state index in [0.717, 1.165) is 10.0 Å². The minimum absolute atomic E-state index is 0.0828. The molecule has 0 saturated heterocycles. The van der Waals surface area contributed by atoms with Crippen molar-refractivity contribution in [1.82, 2.24) is 5.32 Å². The molecule has 0 amide bonds. The molecule has 0 fully saturated rings. The molecule has 0 atom stereocenters. The molecular formula is C16H17BrFNO2. The molecule has 0 aliphatic rings. The summed E-state index contributed by atoms with van der Waals surface area (Å²) < 4.78 is 20.3. The summed E-state index contributed by atoms with van der Waals surface area (Å²) in [4.78, 5) is 0. The topological polar surface area (TPSA) is 41.5 Å². The Kier molecular flexibility index (Phi) is 6.17. The van der Waals surface area contributed by atoms with Crippen molar-refractivity contribution in [2.45, 2.75) is 13.2 Å².